The van der Waals surface area contributed by atoms with Gasteiger partial charge in [-0.05, 0) is 45.7 Å². The van der Waals surface area contributed by atoms with Crippen LogP contribution in [0, 0.1) is 0 Å². The zero-order chi connectivity index (χ0) is 15.3. The Morgan fingerprint density at radius 3 is 2.00 bits per heavy atom. The van der Waals surface area contributed by atoms with E-state index in [1.165, 1.54) is 6.92 Å². The van der Waals surface area contributed by atoms with Crippen LogP contribution in [-0.4, -0.2) is 41.2 Å². The van der Waals surface area contributed by atoms with Gasteiger partial charge in [-0.1, -0.05) is 6.08 Å². The van der Waals surface area contributed by atoms with E-state index in [-0.39, 0.29) is 5.97 Å². The molecule has 0 unspecified atom stereocenters. The van der Waals surface area contributed by atoms with Crippen molar-refractivity contribution in [2.45, 2.75) is 47.0 Å². The van der Waals surface area contributed by atoms with Gasteiger partial charge in [0, 0.05) is 26.7 Å². The van der Waals surface area contributed by atoms with Gasteiger partial charge < -0.3 is 18.0 Å². The molecule has 20 heavy (non-hydrogen) atoms. The minimum Gasteiger partial charge on any atom is -0.466 e. The normalized spacial score (nSPS) is 12.0. The minimum atomic E-state index is -2.65. The van der Waals surface area contributed by atoms with Gasteiger partial charge in [-0.25, -0.2) is 0 Å². The fourth-order valence-electron chi connectivity index (χ4n) is 1.68. The molecular formula is C14H28O5Si. The van der Waals surface area contributed by atoms with E-state index in [0.29, 0.717) is 26.4 Å². The number of carbonyl (C=O) groups is 1. The topological polar surface area (TPSA) is 54.0 Å². The van der Waals surface area contributed by atoms with E-state index in [1.807, 2.05) is 32.5 Å². The summed E-state index contributed by atoms with van der Waals surface area (Å²) in [5, 5.41) is 0. The Hall–Kier alpha value is -0.693. The summed E-state index contributed by atoms with van der Waals surface area (Å²) in [7, 11) is -2.65. The summed E-state index contributed by atoms with van der Waals surface area (Å²) in [6, 6.07) is 0. The lowest BCUT2D eigenvalue weighted by Gasteiger charge is -2.25. The Morgan fingerprint density at radius 2 is 1.55 bits per heavy atom. The highest BCUT2D eigenvalue weighted by Gasteiger charge is 2.37. The van der Waals surface area contributed by atoms with Crippen LogP contribution in [0.3, 0.4) is 0 Å². The first-order valence-corrected chi connectivity index (χ1v) is 9.13. The molecule has 0 amide bonds. The van der Waals surface area contributed by atoms with Gasteiger partial charge in [0.05, 0.1) is 6.61 Å². The van der Waals surface area contributed by atoms with Crippen LogP contribution < -0.4 is 0 Å². The van der Waals surface area contributed by atoms with Crippen LogP contribution in [0.25, 0.3) is 0 Å². The van der Waals surface area contributed by atoms with Gasteiger partial charge in [0.15, 0.2) is 0 Å². The molecule has 0 heterocycles. The third-order valence-corrected chi connectivity index (χ3v) is 5.15. The smallest absolute Gasteiger partial charge is 0.466 e. The first kappa shape index (κ1) is 19.3. The van der Waals surface area contributed by atoms with Gasteiger partial charge in [-0.2, -0.15) is 0 Å². The molecule has 0 aliphatic heterocycles. The Bertz CT molecular complexity index is 264. The average Bonchev–Trinajstić information content (AvgIpc) is 2.38. The van der Waals surface area contributed by atoms with Crippen molar-refractivity contribution < 1.29 is 22.8 Å². The van der Waals surface area contributed by atoms with Crippen LogP contribution in [0.4, 0.5) is 0 Å². The molecule has 6 heteroatoms. The number of unbranched alkanes of at least 4 members (excludes halogenated alkanes) is 2. The molecule has 0 aliphatic carbocycles. The molecule has 5 nitrogen and oxygen atoms in total. The van der Waals surface area contributed by atoms with E-state index in [4.69, 9.17) is 18.0 Å². The van der Waals surface area contributed by atoms with E-state index in [0.717, 1.165) is 19.3 Å². The molecule has 0 radical (unpaired) electrons. The molecule has 0 aromatic carbocycles. The molecule has 0 aliphatic rings. The van der Waals surface area contributed by atoms with E-state index in [1.54, 1.807) is 0 Å². The summed E-state index contributed by atoms with van der Waals surface area (Å²) < 4.78 is 22.0. The Morgan fingerprint density at radius 1 is 1.00 bits per heavy atom. The van der Waals surface area contributed by atoms with E-state index in [9.17, 15) is 4.79 Å². The Balaban J connectivity index is 4.14. The van der Waals surface area contributed by atoms with Crippen LogP contribution in [0.15, 0.2) is 11.8 Å². The van der Waals surface area contributed by atoms with Crippen molar-refractivity contribution in [2.24, 2.45) is 0 Å². The lowest BCUT2D eigenvalue weighted by atomic mass is 10.2. The Labute approximate surface area is 123 Å². The lowest BCUT2D eigenvalue weighted by molar-refractivity contribution is -0.141. The van der Waals surface area contributed by atoms with Gasteiger partial charge >= 0.3 is 14.8 Å². The van der Waals surface area contributed by atoms with Crippen molar-refractivity contribution in [1.29, 1.82) is 0 Å². The van der Waals surface area contributed by atoms with E-state index >= 15 is 0 Å². The van der Waals surface area contributed by atoms with Crippen molar-refractivity contribution in [1.82, 2.24) is 0 Å². The van der Waals surface area contributed by atoms with Crippen LogP contribution in [0.2, 0.25) is 0 Å². The van der Waals surface area contributed by atoms with Gasteiger partial charge in [-0.3, -0.25) is 4.79 Å². The van der Waals surface area contributed by atoms with Gasteiger partial charge in [0.25, 0.3) is 0 Å². The standard InChI is InChI=1S/C14H28O5Si/c1-5-17-20(18-6-2,19-7-3)13-11-9-8-10-12-16-14(4)15/h11,13H,5-10,12H2,1-4H3/b13-11+. The molecular weight excluding hydrogens is 276 g/mol. The summed E-state index contributed by atoms with van der Waals surface area (Å²) in [4.78, 5) is 10.6. The third-order valence-electron chi connectivity index (χ3n) is 2.43. The second kappa shape index (κ2) is 12.1. The van der Waals surface area contributed by atoms with Gasteiger partial charge in [-0.15, -0.1) is 0 Å². The second-order valence-corrected chi connectivity index (χ2v) is 6.55. The fraction of sp³-hybridized carbons (Fsp3) is 0.786. The molecule has 0 spiro atoms. The lowest BCUT2D eigenvalue weighted by Crippen LogP contribution is -2.44. The van der Waals surface area contributed by atoms with E-state index in [2.05, 4.69) is 0 Å². The maximum Gasteiger partial charge on any atom is 0.529 e. The minimum absolute atomic E-state index is 0.226. The molecule has 0 saturated carbocycles. The van der Waals surface area contributed by atoms with Crippen LogP contribution in [0.1, 0.15) is 47.0 Å². The molecule has 0 bridgehead atoms. The predicted octanol–water partition coefficient (Wildman–Crippen LogP) is 2.86. The number of rotatable bonds is 12. The molecule has 0 rings (SSSR count). The molecule has 0 aromatic heterocycles. The Kier molecular flexibility index (Phi) is 11.7. The summed E-state index contributed by atoms with van der Waals surface area (Å²) >= 11 is 0. The molecule has 0 N–H and O–H groups in total. The van der Waals surface area contributed by atoms with Gasteiger partial charge in [0.1, 0.15) is 0 Å². The highest BCUT2D eigenvalue weighted by molar-refractivity contribution is 6.66. The van der Waals surface area contributed by atoms with Crippen molar-refractivity contribution in [3.05, 3.63) is 11.8 Å². The largest absolute Gasteiger partial charge is 0.529 e. The molecule has 118 valence electrons. The summed E-state index contributed by atoms with van der Waals surface area (Å²) in [6.45, 7) is 9.43. The number of ether oxygens (including phenoxy) is 1. The van der Waals surface area contributed by atoms with Crippen LogP contribution in [0.5, 0.6) is 0 Å². The highest BCUT2D eigenvalue weighted by atomic mass is 28.4. The fourth-order valence-corrected chi connectivity index (χ4v) is 3.88. The maximum absolute atomic E-state index is 10.6. The number of esters is 1. The first-order valence-electron chi connectivity index (χ1n) is 7.33. The molecule has 0 aromatic rings. The predicted molar refractivity (Wildman–Crippen MR) is 80.3 cm³/mol. The van der Waals surface area contributed by atoms with Crippen LogP contribution in [-0.2, 0) is 22.8 Å². The van der Waals surface area contributed by atoms with E-state index < -0.39 is 8.80 Å². The average molecular weight is 304 g/mol. The third kappa shape index (κ3) is 9.25. The van der Waals surface area contributed by atoms with Crippen LogP contribution >= 0.6 is 0 Å². The van der Waals surface area contributed by atoms with Crippen molar-refractivity contribution in [3.63, 3.8) is 0 Å². The summed E-state index contributed by atoms with van der Waals surface area (Å²) in [5.41, 5.74) is 1.95. The monoisotopic (exact) mass is 304 g/mol. The van der Waals surface area contributed by atoms with Crippen molar-refractivity contribution in [3.8, 4) is 0 Å². The van der Waals surface area contributed by atoms with Crippen molar-refractivity contribution in [2.75, 3.05) is 26.4 Å². The number of allylic oxidation sites excluding steroid dienone is 1. The molecule has 0 fully saturated rings. The number of hydrogen-bond acceptors (Lipinski definition) is 5. The van der Waals surface area contributed by atoms with Gasteiger partial charge in [0.2, 0.25) is 0 Å². The zero-order valence-electron chi connectivity index (χ0n) is 13.1. The molecule has 0 atom stereocenters. The second-order valence-electron chi connectivity index (χ2n) is 4.14. The van der Waals surface area contributed by atoms with Crippen molar-refractivity contribution >= 4 is 14.8 Å². The zero-order valence-corrected chi connectivity index (χ0v) is 14.1. The maximum atomic E-state index is 10.6. The molecule has 0 saturated heterocycles. The highest BCUT2D eigenvalue weighted by Crippen LogP contribution is 2.13. The quantitative estimate of drug-likeness (QED) is 0.315. The number of carbonyl (C=O) groups excluding carboxylic acids is 1. The summed E-state index contributed by atoms with van der Waals surface area (Å²) in [5.74, 6) is -0.226. The SMILES string of the molecule is CCO[Si](/C=C/CCCCOC(C)=O)(OCC)OCC. The summed E-state index contributed by atoms with van der Waals surface area (Å²) in [6.07, 6.45) is 4.75. The first-order chi connectivity index (χ1) is 9.60. The number of hydrogen-bond donors (Lipinski definition) is 0.